The van der Waals surface area contributed by atoms with Crippen LogP contribution in [0, 0.1) is 0 Å². The topological polar surface area (TPSA) is 30.0 Å². The minimum absolute atomic E-state index is 0.217. The number of hydrogen-bond acceptors (Lipinski definition) is 4. The molecule has 2 fully saturated rings. The summed E-state index contributed by atoms with van der Waals surface area (Å²) >= 11 is 0. The molecular formula is C21H44N4O. The predicted molar refractivity (Wildman–Crippen MR) is 112 cm³/mol. The second-order valence-electron chi connectivity index (χ2n) is 7.82. The van der Waals surface area contributed by atoms with E-state index in [-0.39, 0.29) is 5.91 Å². The molecule has 0 aliphatic carbocycles. The van der Waals surface area contributed by atoms with E-state index in [4.69, 9.17) is 0 Å². The fourth-order valence-electron chi connectivity index (χ4n) is 4.20. The highest BCUT2D eigenvalue weighted by Gasteiger charge is 2.22. The lowest BCUT2D eigenvalue weighted by Crippen LogP contribution is -2.51. The van der Waals surface area contributed by atoms with Crippen molar-refractivity contribution in [1.29, 1.82) is 0 Å². The normalized spacial score (nSPS) is 20.4. The van der Waals surface area contributed by atoms with Crippen LogP contribution in [0.15, 0.2) is 0 Å². The van der Waals surface area contributed by atoms with Gasteiger partial charge < -0.3 is 9.80 Å². The van der Waals surface area contributed by atoms with Gasteiger partial charge in [0, 0.05) is 71.4 Å². The van der Waals surface area contributed by atoms with Crippen molar-refractivity contribution in [1.82, 2.24) is 19.6 Å². The van der Waals surface area contributed by atoms with Crippen LogP contribution in [0.2, 0.25) is 0 Å². The molecule has 0 bridgehead atoms. The fourth-order valence-corrected chi connectivity index (χ4v) is 4.20. The van der Waals surface area contributed by atoms with Gasteiger partial charge in [-0.1, -0.05) is 27.7 Å². The second kappa shape index (κ2) is 12.7. The van der Waals surface area contributed by atoms with Crippen LogP contribution in [0.1, 0.15) is 60.3 Å². The lowest BCUT2D eigenvalue weighted by molar-refractivity contribution is -0.130. The highest BCUT2D eigenvalue weighted by atomic mass is 16.2. The molecule has 0 aromatic rings. The third kappa shape index (κ3) is 7.53. The molecule has 0 N–H and O–H groups in total. The fraction of sp³-hybridized carbons (Fsp3) is 0.952. The predicted octanol–water partition coefficient (Wildman–Crippen LogP) is 2.76. The summed E-state index contributed by atoms with van der Waals surface area (Å²) in [5.41, 5.74) is 0. The van der Waals surface area contributed by atoms with Gasteiger partial charge in [0.2, 0.25) is 5.91 Å². The van der Waals surface area contributed by atoms with Crippen molar-refractivity contribution in [2.24, 2.45) is 0 Å². The summed E-state index contributed by atoms with van der Waals surface area (Å²) in [6.07, 6.45) is 5.05. The summed E-state index contributed by atoms with van der Waals surface area (Å²) in [7, 11) is 2.21. The van der Waals surface area contributed by atoms with E-state index in [0.29, 0.717) is 6.04 Å². The molecule has 0 atom stereocenters. The number of nitrogens with zero attached hydrogens (tertiary/aromatic N) is 4. The molecule has 2 saturated heterocycles. The number of rotatable bonds is 6. The van der Waals surface area contributed by atoms with Crippen molar-refractivity contribution in [3.05, 3.63) is 0 Å². The third-order valence-electron chi connectivity index (χ3n) is 6.22. The van der Waals surface area contributed by atoms with Crippen LogP contribution in [0.3, 0.4) is 0 Å². The zero-order valence-corrected chi connectivity index (χ0v) is 18.3. The molecule has 2 rings (SSSR count). The zero-order valence-electron chi connectivity index (χ0n) is 18.3. The lowest BCUT2D eigenvalue weighted by Gasteiger charge is -2.38. The Hall–Kier alpha value is -0.650. The van der Waals surface area contributed by atoms with E-state index in [2.05, 4.69) is 49.4 Å². The van der Waals surface area contributed by atoms with Crippen LogP contribution in [0.4, 0.5) is 0 Å². The van der Waals surface area contributed by atoms with E-state index < -0.39 is 0 Å². The molecule has 0 radical (unpaired) electrons. The number of carbonyl (C=O) groups excluding carboxylic acids is 1. The van der Waals surface area contributed by atoms with Crippen molar-refractivity contribution in [2.45, 2.75) is 72.4 Å². The first-order chi connectivity index (χ1) is 12.5. The maximum Gasteiger partial charge on any atom is 0.219 e. The molecule has 0 aromatic heterocycles. The van der Waals surface area contributed by atoms with E-state index in [1.165, 1.54) is 51.9 Å². The summed E-state index contributed by atoms with van der Waals surface area (Å²) in [5, 5.41) is 0. The van der Waals surface area contributed by atoms with Crippen LogP contribution >= 0.6 is 0 Å². The summed E-state index contributed by atoms with van der Waals surface area (Å²) < 4.78 is 0. The summed E-state index contributed by atoms with van der Waals surface area (Å²) in [6.45, 7) is 19.7. The van der Waals surface area contributed by atoms with Gasteiger partial charge in [-0.2, -0.15) is 0 Å². The van der Waals surface area contributed by atoms with E-state index in [1.807, 2.05) is 4.90 Å². The molecule has 1 amide bonds. The minimum Gasteiger partial charge on any atom is -0.340 e. The van der Waals surface area contributed by atoms with E-state index in [1.54, 1.807) is 6.92 Å². The Morgan fingerprint density at radius 2 is 1.04 bits per heavy atom. The SMILES string of the molecule is CCC(CC)N1CCN(C(C)=O)CC1.CCC(CC)N1CCN(C)CC1. The second-order valence-corrected chi connectivity index (χ2v) is 7.82. The first-order valence-electron chi connectivity index (χ1n) is 10.9. The van der Waals surface area contributed by atoms with Crippen LogP contribution in [-0.2, 0) is 4.79 Å². The van der Waals surface area contributed by atoms with Gasteiger partial charge in [-0.15, -0.1) is 0 Å². The van der Waals surface area contributed by atoms with Gasteiger partial charge in [-0.05, 0) is 32.7 Å². The molecule has 0 saturated carbocycles. The molecule has 0 spiro atoms. The average Bonchev–Trinajstić information content (AvgIpc) is 2.66. The Bertz CT molecular complexity index is 366. The van der Waals surface area contributed by atoms with Gasteiger partial charge in [0.05, 0.1) is 0 Å². The Kier molecular flexibility index (Phi) is 11.4. The molecule has 26 heavy (non-hydrogen) atoms. The summed E-state index contributed by atoms with van der Waals surface area (Å²) in [5.74, 6) is 0.217. The Morgan fingerprint density at radius 1 is 0.692 bits per heavy atom. The summed E-state index contributed by atoms with van der Waals surface area (Å²) in [6, 6.07) is 1.54. The number of hydrogen-bond donors (Lipinski definition) is 0. The minimum atomic E-state index is 0.217. The smallest absolute Gasteiger partial charge is 0.219 e. The monoisotopic (exact) mass is 368 g/mol. The van der Waals surface area contributed by atoms with E-state index >= 15 is 0 Å². The molecule has 2 heterocycles. The number of amides is 1. The Balaban J connectivity index is 0.000000263. The first-order valence-corrected chi connectivity index (χ1v) is 10.9. The zero-order chi connectivity index (χ0) is 19.5. The molecular weight excluding hydrogens is 324 g/mol. The van der Waals surface area contributed by atoms with Crippen molar-refractivity contribution < 1.29 is 4.79 Å². The molecule has 5 heteroatoms. The van der Waals surface area contributed by atoms with Crippen LogP contribution in [0.5, 0.6) is 0 Å². The molecule has 0 aromatic carbocycles. The third-order valence-corrected chi connectivity index (χ3v) is 6.22. The molecule has 2 aliphatic rings. The maximum atomic E-state index is 11.1. The molecule has 0 unspecified atom stereocenters. The van der Waals surface area contributed by atoms with Crippen molar-refractivity contribution in [3.63, 3.8) is 0 Å². The van der Waals surface area contributed by atoms with Gasteiger partial charge in [0.1, 0.15) is 0 Å². The maximum absolute atomic E-state index is 11.1. The van der Waals surface area contributed by atoms with Crippen molar-refractivity contribution >= 4 is 5.91 Å². The highest BCUT2D eigenvalue weighted by Crippen LogP contribution is 2.12. The lowest BCUT2D eigenvalue weighted by atomic mass is 10.1. The van der Waals surface area contributed by atoms with Gasteiger partial charge in [0.15, 0.2) is 0 Å². The number of likely N-dealkylation sites (N-methyl/N-ethyl adjacent to an activating group) is 1. The van der Waals surface area contributed by atoms with E-state index in [9.17, 15) is 4.79 Å². The van der Waals surface area contributed by atoms with Crippen LogP contribution in [-0.4, -0.2) is 97.0 Å². The van der Waals surface area contributed by atoms with Gasteiger partial charge >= 0.3 is 0 Å². The van der Waals surface area contributed by atoms with Crippen molar-refractivity contribution in [3.8, 4) is 0 Å². The standard InChI is InChI=1S/C11H22N2O.C10H22N2/c1-4-11(5-2)13-8-6-12(7-9-13)10(3)14;1-4-10(5-2)12-8-6-11(3)7-9-12/h11H,4-9H2,1-3H3;10H,4-9H2,1-3H3. The quantitative estimate of drug-likeness (QED) is 0.721. The first kappa shape index (κ1) is 23.4. The average molecular weight is 369 g/mol. The Morgan fingerprint density at radius 3 is 1.35 bits per heavy atom. The molecule has 2 aliphatic heterocycles. The summed E-state index contributed by atoms with van der Waals surface area (Å²) in [4.78, 5) is 20.6. The van der Waals surface area contributed by atoms with Crippen LogP contribution < -0.4 is 0 Å². The van der Waals surface area contributed by atoms with Gasteiger partial charge in [-0.3, -0.25) is 14.6 Å². The Labute approximate surface area is 162 Å². The number of carbonyl (C=O) groups is 1. The highest BCUT2D eigenvalue weighted by molar-refractivity contribution is 5.73. The van der Waals surface area contributed by atoms with Gasteiger partial charge in [0.25, 0.3) is 0 Å². The molecule has 5 nitrogen and oxygen atoms in total. The van der Waals surface area contributed by atoms with Crippen LogP contribution in [0.25, 0.3) is 0 Å². The number of piperazine rings is 2. The van der Waals surface area contributed by atoms with Gasteiger partial charge in [-0.25, -0.2) is 0 Å². The van der Waals surface area contributed by atoms with E-state index in [0.717, 1.165) is 32.2 Å². The van der Waals surface area contributed by atoms with Crippen molar-refractivity contribution in [2.75, 3.05) is 59.4 Å². The molecule has 154 valence electrons. The largest absolute Gasteiger partial charge is 0.340 e.